The molecule has 0 saturated heterocycles. The summed E-state index contributed by atoms with van der Waals surface area (Å²) in [5, 5.41) is 2.53. The van der Waals surface area contributed by atoms with Crippen molar-refractivity contribution in [2.75, 3.05) is 0 Å². The summed E-state index contributed by atoms with van der Waals surface area (Å²) in [5.74, 6) is 0. The Morgan fingerprint density at radius 2 is 1.42 bits per heavy atom. The zero-order chi connectivity index (χ0) is 10.2. The molecule has 0 aromatic heterocycles. The molecule has 0 saturated carbocycles. The van der Waals surface area contributed by atoms with Gasteiger partial charge in [0.05, 0.1) is 0 Å². The van der Waals surface area contributed by atoms with E-state index in [4.69, 9.17) is 0 Å². The lowest BCUT2D eigenvalue weighted by Crippen LogP contribution is -1.83. The Bertz CT molecular complexity index is 262. The minimum atomic E-state index is -3.13. The van der Waals surface area contributed by atoms with Crippen molar-refractivity contribution in [2.24, 2.45) is 0 Å². The van der Waals surface area contributed by atoms with Crippen LogP contribution in [-0.2, 0) is 20.9 Å². The van der Waals surface area contributed by atoms with Gasteiger partial charge in [-0.3, -0.25) is 4.21 Å². The van der Waals surface area contributed by atoms with E-state index in [1.807, 2.05) is 0 Å². The van der Waals surface area contributed by atoms with Gasteiger partial charge in [-0.05, 0) is 16.5 Å². The summed E-state index contributed by atoms with van der Waals surface area (Å²) in [6, 6.07) is 0. The molecule has 12 heavy (non-hydrogen) atoms. The molecule has 0 bridgehead atoms. The minimum absolute atomic E-state index is 0.833. The van der Waals surface area contributed by atoms with Crippen molar-refractivity contribution in [3.05, 3.63) is 36.0 Å². The Labute approximate surface area is 74.5 Å². The Kier molecular flexibility index (Phi) is 8.03. The van der Waals surface area contributed by atoms with Gasteiger partial charge in [-0.25, -0.2) is 8.42 Å². The average molecular weight is 209 g/mol. The molecular formula is C6H9O4S2-. The van der Waals surface area contributed by atoms with Gasteiger partial charge in [0.25, 0.3) is 0 Å². The lowest BCUT2D eigenvalue weighted by atomic mass is 11.3. The first kappa shape index (κ1) is 13.8. The molecule has 0 aliphatic rings. The van der Waals surface area contributed by atoms with E-state index in [-0.39, 0.29) is 0 Å². The monoisotopic (exact) mass is 209 g/mol. The maximum atomic E-state index is 10.1. The van der Waals surface area contributed by atoms with E-state index in [0.29, 0.717) is 0 Å². The van der Waals surface area contributed by atoms with Gasteiger partial charge >= 0.3 is 0 Å². The van der Waals surface area contributed by atoms with Gasteiger partial charge in [-0.1, -0.05) is 19.7 Å². The van der Waals surface area contributed by atoms with Gasteiger partial charge in [-0.2, -0.15) is 0 Å². The fourth-order valence-corrected chi connectivity index (χ4v) is 0.204. The van der Waals surface area contributed by atoms with Crippen molar-refractivity contribution in [1.29, 1.82) is 0 Å². The first-order chi connectivity index (χ1) is 5.39. The molecule has 0 spiro atoms. The summed E-state index contributed by atoms with van der Waals surface area (Å²) < 4.78 is 38.8. The first-order valence-electron chi connectivity index (χ1n) is 2.60. The molecule has 0 aromatic carbocycles. The molecule has 0 aromatic rings. The third-order valence-electron chi connectivity index (χ3n) is 0.601. The Hall–Kier alpha value is -0.720. The van der Waals surface area contributed by atoms with Crippen LogP contribution < -0.4 is 0 Å². The van der Waals surface area contributed by atoms with E-state index >= 15 is 0 Å². The molecule has 0 N–H and O–H groups in total. The molecule has 0 rings (SSSR count). The van der Waals surface area contributed by atoms with E-state index < -0.39 is 20.9 Å². The summed E-state index contributed by atoms with van der Waals surface area (Å²) >= 11 is -2.06. The molecule has 0 aliphatic carbocycles. The zero-order valence-corrected chi connectivity index (χ0v) is 7.94. The van der Waals surface area contributed by atoms with Crippen molar-refractivity contribution in [1.82, 2.24) is 0 Å². The molecule has 0 fully saturated rings. The fourth-order valence-electron chi connectivity index (χ4n) is 0.0680. The Morgan fingerprint density at radius 1 is 1.17 bits per heavy atom. The van der Waals surface area contributed by atoms with Gasteiger partial charge in [0, 0.05) is 10.8 Å². The van der Waals surface area contributed by atoms with Crippen LogP contribution in [0.1, 0.15) is 0 Å². The summed E-state index contributed by atoms with van der Waals surface area (Å²) in [6.45, 7) is 9.04. The van der Waals surface area contributed by atoms with Crippen LogP contribution in [0.25, 0.3) is 0 Å². The van der Waals surface area contributed by atoms with Gasteiger partial charge in [0.2, 0.25) is 0 Å². The molecule has 1 atom stereocenters. The highest BCUT2D eigenvalue weighted by atomic mass is 32.2. The van der Waals surface area contributed by atoms with E-state index in [0.717, 1.165) is 16.2 Å². The quantitative estimate of drug-likeness (QED) is 0.641. The highest BCUT2D eigenvalue weighted by Crippen LogP contribution is 1.87. The third-order valence-corrected chi connectivity index (χ3v) is 1.80. The standard InChI is InChI=1S/C4H6O2S.C2H4O2S/c1-3-7(5,6)4-2;1-2-5(3)4/h3-4H,1-2H2;2H,1H2,(H,3,4)/p-1. The molecular weight excluding hydrogens is 200 g/mol. The van der Waals surface area contributed by atoms with Crippen molar-refractivity contribution in [2.45, 2.75) is 0 Å². The van der Waals surface area contributed by atoms with E-state index in [2.05, 4.69) is 19.7 Å². The van der Waals surface area contributed by atoms with Gasteiger partial charge in [-0.15, -0.1) is 0 Å². The number of sulfone groups is 1. The Balaban J connectivity index is 0. The topological polar surface area (TPSA) is 74.3 Å². The SMILES string of the molecule is C=CS(=O)(=O)C=C.C=CS(=O)[O-]. The normalized spacial score (nSPS) is 11.8. The fraction of sp³-hybridized carbons (Fsp3) is 0. The largest absolute Gasteiger partial charge is 0.769 e. The zero-order valence-electron chi connectivity index (χ0n) is 6.30. The van der Waals surface area contributed by atoms with Gasteiger partial charge in [0.1, 0.15) is 0 Å². The van der Waals surface area contributed by atoms with Crippen LogP contribution in [0.5, 0.6) is 0 Å². The summed E-state index contributed by atoms with van der Waals surface area (Å²) in [6.07, 6.45) is 0. The maximum Gasteiger partial charge on any atom is 0.191 e. The van der Waals surface area contributed by atoms with Gasteiger partial charge < -0.3 is 4.55 Å². The van der Waals surface area contributed by atoms with Crippen LogP contribution in [-0.4, -0.2) is 17.2 Å². The second-order valence-corrected chi connectivity index (χ2v) is 4.05. The predicted octanol–water partition coefficient (Wildman–Crippen LogP) is 0.697. The van der Waals surface area contributed by atoms with Crippen LogP contribution in [0.3, 0.4) is 0 Å². The highest BCUT2D eigenvalue weighted by molar-refractivity contribution is 7.97. The molecule has 0 amide bonds. The van der Waals surface area contributed by atoms with Crippen LogP contribution in [0, 0.1) is 0 Å². The van der Waals surface area contributed by atoms with Crippen LogP contribution in [0.15, 0.2) is 36.0 Å². The molecule has 0 heterocycles. The first-order valence-corrected chi connectivity index (χ1v) is 5.35. The lowest BCUT2D eigenvalue weighted by Gasteiger charge is -1.88. The van der Waals surface area contributed by atoms with Crippen molar-refractivity contribution in [3.8, 4) is 0 Å². The molecule has 1 unspecified atom stereocenters. The molecule has 6 heteroatoms. The smallest absolute Gasteiger partial charge is 0.191 e. The molecule has 4 nitrogen and oxygen atoms in total. The van der Waals surface area contributed by atoms with Crippen molar-refractivity contribution >= 4 is 20.9 Å². The summed E-state index contributed by atoms with van der Waals surface area (Å²) in [7, 11) is -3.13. The van der Waals surface area contributed by atoms with Crippen molar-refractivity contribution < 1.29 is 17.2 Å². The highest BCUT2D eigenvalue weighted by Gasteiger charge is 1.90. The lowest BCUT2D eigenvalue weighted by molar-refractivity contribution is 0.546. The minimum Gasteiger partial charge on any atom is -0.769 e. The summed E-state index contributed by atoms with van der Waals surface area (Å²) in [4.78, 5) is 0. The molecule has 0 radical (unpaired) electrons. The number of rotatable bonds is 3. The van der Waals surface area contributed by atoms with Crippen LogP contribution in [0.4, 0.5) is 0 Å². The van der Waals surface area contributed by atoms with Crippen LogP contribution in [0.2, 0.25) is 0 Å². The van der Waals surface area contributed by atoms with E-state index in [1.165, 1.54) is 0 Å². The van der Waals surface area contributed by atoms with E-state index in [1.54, 1.807) is 0 Å². The van der Waals surface area contributed by atoms with Gasteiger partial charge in [0.15, 0.2) is 9.84 Å². The second kappa shape index (κ2) is 6.96. The molecule has 0 aliphatic heterocycles. The summed E-state index contributed by atoms with van der Waals surface area (Å²) in [5.41, 5.74) is 0. The average Bonchev–Trinajstić information content (AvgIpc) is 2.05. The van der Waals surface area contributed by atoms with E-state index in [9.17, 15) is 17.2 Å². The number of hydrogen-bond donors (Lipinski definition) is 0. The molecule has 70 valence electrons. The third kappa shape index (κ3) is 12.0. The second-order valence-electron chi connectivity index (χ2n) is 1.35. The predicted molar refractivity (Wildman–Crippen MR) is 48.4 cm³/mol. The Morgan fingerprint density at radius 3 is 1.42 bits per heavy atom. The number of hydrogen-bond acceptors (Lipinski definition) is 4. The van der Waals surface area contributed by atoms with Crippen LogP contribution >= 0.6 is 0 Å². The maximum absolute atomic E-state index is 10.1. The van der Waals surface area contributed by atoms with Crippen molar-refractivity contribution in [3.63, 3.8) is 0 Å².